The Morgan fingerprint density at radius 1 is 1.42 bits per heavy atom. The molecule has 1 aromatic heterocycles. The second kappa shape index (κ2) is 9.33. The van der Waals surface area contributed by atoms with Gasteiger partial charge in [0, 0.05) is 32.5 Å². The summed E-state index contributed by atoms with van der Waals surface area (Å²) in [6, 6.07) is 3.83. The van der Waals surface area contributed by atoms with E-state index in [1.54, 1.807) is 12.4 Å². The molecule has 0 N–H and O–H groups in total. The van der Waals surface area contributed by atoms with Crippen LogP contribution in [-0.2, 0) is 14.3 Å². The number of carbonyl (C=O) groups is 1. The lowest BCUT2D eigenvalue weighted by Gasteiger charge is -2.46. The van der Waals surface area contributed by atoms with Crippen molar-refractivity contribution in [3.63, 3.8) is 0 Å². The highest BCUT2D eigenvalue weighted by Gasteiger charge is 2.40. The Hall–Kier alpha value is -1.66. The Morgan fingerprint density at radius 3 is 3.00 bits per heavy atom. The minimum atomic E-state index is -0.0559. The number of likely N-dealkylation sites (tertiary alicyclic amines) is 1. The lowest BCUT2D eigenvalue weighted by Crippen LogP contribution is -2.51. The van der Waals surface area contributed by atoms with E-state index in [-0.39, 0.29) is 18.1 Å². The summed E-state index contributed by atoms with van der Waals surface area (Å²) in [7, 11) is 0. The second-order valence-corrected chi connectivity index (χ2v) is 7.23. The molecule has 1 unspecified atom stereocenters. The number of nitrogens with zero attached hydrogens (tertiary/aromatic N) is 2. The van der Waals surface area contributed by atoms with Gasteiger partial charge < -0.3 is 19.1 Å². The first kappa shape index (κ1) is 19.1. The van der Waals surface area contributed by atoms with E-state index >= 15 is 0 Å². The van der Waals surface area contributed by atoms with Gasteiger partial charge in [0.1, 0.15) is 12.4 Å². The maximum absolute atomic E-state index is 12.1. The highest BCUT2D eigenvalue weighted by atomic mass is 16.5. The summed E-state index contributed by atoms with van der Waals surface area (Å²) in [5.41, 5.74) is -0.0559. The van der Waals surface area contributed by atoms with Gasteiger partial charge in [-0.2, -0.15) is 0 Å². The Morgan fingerprint density at radius 2 is 2.27 bits per heavy atom. The Balaban J connectivity index is 1.42. The van der Waals surface area contributed by atoms with Gasteiger partial charge in [0.25, 0.3) is 0 Å². The molecule has 0 radical (unpaired) electrons. The zero-order chi connectivity index (χ0) is 18.2. The third-order valence-corrected chi connectivity index (χ3v) is 5.48. The van der Waals surface area contributed by atoms with Crippen molar-refractivity contribution in [2.24, 2.45) is 5.92 Å². The first-order chi connectivity index (χ1) is 12.7. The summed E-state index contributed by atoms with van der Waals surface area (Å²) in [5.74, 6) is 1.54. The molecular formula is C20H30N2O4. The van der Waals surface area contributed by atoms with Crippen LogP contribution in [0.4, 0.5) is 0 Å². The monoisotopic (exact) mass is 362 g/mol. The third-order valence-electron chi connectivity index (χ3n) is 5.48. The van der Waals surface area contributed by atoms with Crippen LogP contribution in [0, 0.1) is 5.92 Å². The minimum absolute atomic E-state index is 0.0559. The molecule has 3 heterocycles. The molecular weight excluding hydrogens is 332 g/mol. The third kappa shape index (κ3) is 5.17. The molecule has 2 saturated heterocycles. The van der Waals surface area contributed by atoms with Crippen LogP contribution in [-0.4, -0.2) is 60.9 Å². The molecule has 26 heavy (non-hydrogen) atoms. The van der Waals surface area contributed by atoms with Gasteiger partial charge in [0.15, 0.2) is 0 Å². The fourth-order valence-corrected chi connectivity index (χ4v) is 3.94. The van der Waals surface area contributed by atoms with Gasteiger partial charge in [0.2, 0.25) is 5.91 Å². The highest BCUT2D eigenvalue weighted by molar-refractivity contribution is 5.77. The smallest absolute Gasteiger partial charge is 0.248 e. The Labute approximate surface area is 155 Å². The summed E-state index contributed by atoms with van der Waals surface area (Å²) >= 11 is 0. The molecule has 144 valence electrons. The van der Waals surface area contributed by atoms with Crippen LogP contribution in [0.15, 0.2) is 24.5 Å². The molecule has 2 aliphatic rings. The van der Waals surface area contributed by atoms with Crippen molar-refractivity contribution in [2.45, 2.75) is 44.6 Å². The van der Waals surface area contributed by atoms with Gasteiger partial charge in [0.05, 0.1) is 18.4 Å². The average Bonchev–Trinajstić information content (AvgIpc) is 2.68. The van der Waals surface area contributed by atoms with Crippen LogP contribution >= 0.6 is 0 Å². The molecule has 3 rings (SSSR count). The lowest BCUT2D eigenvalue weighted by molar-refractivity contribution is -0.151. The number of amides is 1. The van der Waals surface area contributed by atoms with E-state index in [9.17, 15) is 4.79 Å². The molecule has 0 saturated carbocycles. The summed E-state index contributed by atoms with van der Waals surface area (Å²) in [4.78, 5) is 18.1. The number of ether oxygens (including phenoxy) is 3. The van der Waals surface area contributed by atoms with Gasteiger partial charge in [-0.15, -0.1) is 0 Å². The highest BCUT2D eigenvalue weighted by Crippen LogP contribution is 2.38. The molecule has 6 nitrogen and oxygen atoms in total. The van der Waals surface area contributed by atoms with Crippen molar-refractivity contribution in [1.29, 1.82) is 0 Å². The normalized spacial score (nSPS) is 22.3. The number of hydrogen-bond donors (Lipinski definition) is 0. The number of hydrogen-bond acceptors (Lipinski definition) is 5. The van der Waals surface area contributed by atoms with Crippen molar-refractivity contribution >= 4 is 5.91 Å². The van der Waals surface area contributed by atoms with E-state index in [1.807, 2.05) is 24.0 Å². The maximum atomic E-state index is 12.1. The molecule has 1 amide bonds. The van der Waals surface area contributed by atoms with Crippen LogP contribution in [0.1, 0.15) is 39.0 Å². The van der Waals surface area contributed by atoms with E-state index in [1.165, 1.54) is 0 Å². The molecule has 1 spiro atoms. The van der Waals surface area contributed by atoms with Gasteiger partial charge >= 0.3 is 0 Å². The maximum Gasteiger partial charge on any atom is 0.248 e. The van der Waals surface area contributed by atoms with Crippen molar-refractivity contribution in [3.8, 4) is 5.75 Å². The molecule has 6 heteroatoms. The molecule has 0 aromatic carbocycles. The fourth-order valence-electron chi connectivity index (χ4n) is 3.94. The molecule has 1 aromatic rings. The quantitative estimate of drug-likeness (QED) is 0.746. The number of pyridine rings is 1. The fraction of sp³-hybridized carbons (Fsp3) is 0.700. The summed E-state index contributed by atoms with van der Waals surface area (Å²) < 4.78 is 17.2. The van der Waals surface area contributed by atoms with E-state index in [0.29, 0.717) is 19.1 Å². The van der Waals surface area contributed by atoms with E-state index < -0.39 is 0 Å². The molecule has 0 bridgehead atoms. The molecule has 2 aliphatic heterocycles. The van der Waals surface area contributed by atoms with Gasteiger partial charge in [-0.05, 0) is 57.1 Å². The number of carbonyl (C=O) groups excluding carboxylic acids is 1. The SMILES string of the molecule is CCOCC(=O)N1CCC2(CC1)CC(CCOc1cccnc1)CCO2. The zero-order valence-corrected chi connectivity index (χ0v) is 15.7. The lowest BCUT2D eigenvalue weighted by atomic mass is 9.78. The van der Waals surface area contributed by atoms with Crippen LogP contribution in [0.2, 0.25) is 0 Å². The van der Waals surface area contributed by atoms with Gasteiger partial charge in [-0.1, -0.05) is 0 Å². The van der Waals surface area contributed by atoms with Crippen molar-refractivity contribution < 1.29 is 19.0 Å². The van der Waals surface area contributed by atoms with Crippen LogP contribution in [0.5, 0.6) is 5.75 Å². The first-order valence-corrected chi connectivity index (χ1v) is 9.73. The summed E-state index contributed by atoms with van der Waals surface area (Å²) in [6.45, 7) is 5.74. The second-order valence-electron chi connectivity index (χ2n) is 7.23. The minimum Gasteiger partial charge on any atom is -0.492 e. The van der Waals surface area contributed by atoms with Crippen LogP contribution in [0.25, 0.3) is 0 Å². The largest absolute Gasteiger partial charge is 0.492 e. The van der Waals surface area contributed by atoms with Crippen LogP contribution in [0.3, 0.4) is 0 Å². The first-order valence-electron chi connectivity index (χ1n) is 9.73. The standard InChI is InChI=1S/C20H30N2O4/c1-2-24-16-19(23)22-10-7-20(8-11-22)14-17(6-13-26-20)5-12-25-18-4-3-9-21-15-18/h3-4,9,15,17H,2,5-8,10-14,16H2,1H3. The predicted octanol–water partition coefficient (Wildman–Crippen LogP) is 2.67. The zero-order valence-electron chi connectivity index (χ0n) is 15.7. The predicted molar refractivity (Wildman–Crippen MR) is 98.1 cm³/mol. The van der Waals surface area contributed by atoms with Crippen molar-refractivity contribution in [2.75, 3.05) is 39.5 Å². The Bertz CT molecular complexity index is 558. The molecule has 1 atom stereocenters. The number of piperidine rings is 1. The number of rotatable bonds is 7. The number of aromatic nitrogens is 1. The summed E-state index contributed by atoms with van der Waals surface area (Å²) in [5, 5.41) is 0. The van der Waals surface area contributed by atoms with Crippen molar-refractivity contribution in [3.05, 3.63) is 24.5 Å². The Kier molecular flexibility index (Phi) is 6.86. The van der Waals surface area contributed by atoms with E-state index in [4.69, 9.17) is 14.2 Å². The van der Waals surface area contributed by atoms with E-state index in [2.05, 4.69) is 4.98 Å². The van der Waals surface area contributed by atoms with Crippen molar-refractivity contribution in [1.82, 2.24) is 9.88 Å². The van der Waals surface area contributed by atoms with Crippen LogP contribution < -0.4 is 4.74 Å². The topological polar surface area (TPSA) is 60.9 Å². The summed E-state index contributed by atoms with van der Waals surface area (Å²) in [6.07, 6.45) is 8.53. The van der Waals surface area contributed by atoms with E-state index in [0.717, 1.165) is 57.6 Å². The average molecular weight is 362 g/mol. The van der Waals surface area contributed by atoms with Gasteiger partial charge in [-0.3, -0.25) is 9.78 Å². The van der Waals surface area contributed by atoms with Gasteiger partial charge in [-0.25, -0.2) is 0 Å². The molecule has 0 aliphatic carbocycles. The molecule has 2 fully saturated rings.